The third-order valence-corrected chi connectivity index (χ3v) is 3.64. The molecule has 19 heavy (non-hydrogen) atoms. The zero-order chi connectivity index (χ0) is 14.3. The van der Waals surface area contributed by atoms with Crippen molar-refractivity contribution in [1.82, 2.24) is 15.1 Å². The van der Waals surface area contributed by atoms with Crippen LogP contribution >= 0.6 is 0 Å². The van der Waals surface area contributed by atoms with Crippen LogP contribution in [0.2, 0.25) is 0 Å². The summed E-state index contributed by atoms with van der Waals surface area (Å²) in [5.41, 5.74) is 0. The number of hydrogen-bond acceptors (Lipinski definition) is 4. The molecule has 1 aliphatic heterocycles. The Morgan fingerprint density at radius 1 is 1.32 bits per heavy atom. The number of amides is 1. The molecule has 0 radical (unpaired) electrons. The molecule has 0 aromatic carbocycles. The minimum absolute atomic E-state index is 0.0273. The van der Waals surface area contributed by atoms with Crippen LogP contribution in [0.1, 0.15) is 33.6 Å². The average Bonchev–Trinajstić information content (AvgIpc) is 2.38. The number of piperazine rings is 1. The van der Waals surface area contributed by atoms with E-state index in [-0.39, 0.29) is 18.0 Å². The second-order valence-electron chi connectivity index (χ2n) is 5.37. The van der Waals surface area contributed by atoms with Crippen molar-refractivity contribution >= 4 is 5.91 Å². The van der Waals surface area contributed by atoms with Gasteiger partial charge in [0.15, 0.2) is 0 Å². The Hall–Kier alpha value is -1.12. The molecule has 0 spiro atoms. The summed E-state index contributed by atoms with van der Waals surface area (Å²) in [5, 5.41) is 11.9. The van der Waals surface area contributed by atoms with Crippen LogP contribution in [-0.4, -0.2) is 60.5 Å². The van der Waals surface area contributed by atoms with Crippen molar-refractivity contribution < 1.29 is 4.79 Å². The summed E-state index contributed by atoms with van der Waals surface area (Å²) < 4.78 is 0. The number of carbonyl (C=O) groups is 1. The molecule has 1 saturated heterocycles. The standard InChI is InChI=1S/C14H26N4O/c1-4-5-12(2)16-14(19)11-17-6-8-18(9-7-17)13(3)10-15/h12-13H,4-9,11H2,1-3H3,(H,16,19). The number of nitrogens with zero attached hydrogens (tertiary/aromatic N) is 3. The molecule has 5 heteroatoms. The normalized spacial score (nSPS) is 20.5. The molecule has 0 saturated carbocycles. The molecule has 1 N–H and O–H groups in total. The Kier molecular flexibility index (Phi) is 6.82. The van der Waals surface area contributed by atoms with Gasteiger partial charge in [-0.25, -0.2) is 0 Å². The fourth-order valence-corrected chi connectivity index (χ4v) is 2.42. The molecular formula is C14H26N4O. The van der Waals surface area contributed by atoms with Gasteiger partial charge in [0, 0.05) is 32.2 Å². The monoisotopic (exact) mass is 266 g/mol. The Labute approximate surface area is 116 Å². The maximum atomic E-state index is 11.8. The van der Waals surface area contributed by atoms with Crippen molar-refractivity contribution in [2.75, 3.05) is 32.7 Å². The highest BCUT2D eigenvalue weighted by Crippen LogP contribution is 2.05. The zero-order valence-electron chi connectivity index (χ0n) is 12.4. The quantitative estimate of drug-likeness (QED) is 0.773. The third kappa shape index (κ3) is 5.58. The van der Waals surface area contributed by atoms with E-state index in [0.717, 1.165) is 39.0 Å². The van der Waals surface area contributed by atoms with E-state index in [1.807, 2.05) is 13.8 Å². The van der Waals surface area contributed by atoms with Crippen molar-refractivity contribution in [3.63, 3.8) is 0 Å². The third-order valence-electron chi connectivity index (χ3n) is 3.64. The summed E-state index contributed by atoms with van der Waals surface area (Å²) >= 11 is 0. The number of nitriles is 1. The molecule has 0 aliphatic carbocycles. The van der Waals surface area contributed by atoms with Gasteiger partial charge in [-0.15, -0.1) is 0 Å². The molecule has 1 aliphatic rings. The van der Waals surface area contributed by atoms with E-state index in [0.29, 0.717) is 6.54 Å². The van der Waals surface area contributed by atoms with E-state index >= 15 is 0 Å². The zero-order valence-corrected chi connectivity index (χ0v) is 12.4. The van der Waals surface area contributed by atoms with Crippen LogP contribution in [0.4, 0.5) is 0 Å². The molecule has 1 fully saturated rings. The van der Waals surface area contributed by atoms with Crippen molar-refractivity contribution in [3.05, 3.63) is 0 Å². The highest BCUT2D eigenvalue weighted by molar-refractivity contribution is 5.78. The predicted octanol–water partition coefficient (Wildman–Crippen LogP) is 0.821. The summed E-state index contributed by atoms with van der Waals surface area (Å²) in [6.45, 7) is 10.0. The number of rotatable bonds is 6. The molecule has 0 aromatic heterocycles. The summed E-state index contributed by atoms with van der Waals surface area (Å²) in [5.74, 6) is 0.114. The fourth-order valence-electron chi connectivity index (χ4n) is 2.42. The molecule has 1 rings (SSSR count). The van der Waals surface area contributed by atoms with E-state index in [2.05, 4.69) is 28.1 Å². The molecule has 2 atom stereocenters. The van der Waals surface area contributed by atoms with Gasteiger partial charge < -0.3 is 5.32 Å². The van der Waals surface area contributed by atoms with Crippen LogP contribution in [0.5, 0.6) is 0 Å². The van der Waals surface area contributed by atoms with Crippen LogP contribution in [0.3, 0.4) is 0 Å². The Morgan fingerprint density at radius 3 is 2.47 bits per heavy atom. The van der Waals surface area contributed by atoms with Crippen LogP contribution in [0.25, 0.3) is 0 Å². The lowest BCUT2D eigenvalue weighted by Gasteiger charge is -2.35. The van der Waals surface area contributed by atoms with Gasteiger partial charge in [-0.3, -0.25) is 14.6 Å². The van der Waals surface area contributed by atoms with Gasteiger partial charge in [0.2, 0.25) is 5.91 Å². The average molecular weight is 266 g/mol. The summed E-state index contributed by atoms with van der Waals surface area (Å²) in [4.78, 5) is 16.2. The topological polar surface area (TPSA) is 59.4 Å². The fraction of sp³-hybridized carbons (Fsp3) is 0.857. The van der Waals surface area contributed by atoms with Crippen LogP contribution in [0.15, 0.2) is 0 Å². The molecule has 2 unspecified atom stereocenters. The lowest BCUT2D eigenvalue weighted by molar-refractivity contribution is -0.123. The number of hydrogen-bond donors (Lipinski definition) is 1. The lowest BCUT2D eigenvalue weighted by atomic mass is 10.2. The van der Waals surface area contributed by atoms with Crippen molar-refractivity contribution in [2.24, 2.45) is 0 Å². The highest BCUT2D eigenvalue weighted by Gasteiger charge is 2.22. The second-order valence-corrected chi connectivity index (χ2v) is 5.37. The van der Waals surface area contributed by atoms with Gasteiger partial charge in [0.1, 0.15) is 0 Å². The van der Waals surface area contributed by atoms with E-state index in [1.54, 1.807) is 0 Å². The van der Waals surface area contributed by atoms with Crippen LogP contribution < -0.4 is 5.32 Å². The predicted molar refractivity (Wildman–Crippen MR) is 75.6 cm³/mol. The molecular weight excluding hydrogens is 240 g/mol. The van der Waals surface area contributed by atoms with Crippen LogP contribution in [-0.2, 0) is 4.79 Å². The lowest BCUT2D eigenvalue weighted by Crippen LogP contribution is -2.52. The van der Waals surface area contributed by atoms with E-state index in [1.165, 1.54) is 0 Å². The largest absolute Gasteiger partial charge is 0.353 e. The first-order chi connectivity index (χ1) is 9.06. The van der Waals surface area contributed by atoms with Crippen molar-refractivity contribution in [3.8, 4) is 6.07 Å². The van der Waals surface area contributed by atoms with Gasteiger partial charge in [0.05, 0.1) is 18.7 Å². The first-order valence-electron chi connectivity index (χ1n) is 7.22. The molecule has 108 valence electrons. The number of nitrogens with one attached hydrogen (secondary N) is 1. The van der Waals surface area contributed by atoms with Gasteiger partial charge in [-0.2, -0.15) is 5.26 Å². The maximum absolute atomic E-state index is 11.8. The van der Waals surface area contributed by atoms with Crippen molar-refractivity contribution in [1.29, 1.82) is 5.26 Å². The maximum Gasteiger partial charge on any atom is 0.234 e. The first kappa shape index (κ1) is 15.9. The summed E-state index contributed by atoms with van der Waals surface area (Å²) in [6.07, 6.45) is 2.12. The first-order valence-corrected chi connectivity index (χ1v) is 7.22. The van der Waals surface area contributed by atoms with Gasteiger partial charge in [0.25, 0.3) is 0 Å². The number of carbonyl (C=O) groups excluding carboxylic acids is 1. The van der Waals surface area contributed by atoms with Gasteiger partial charge in [-0.05, 0) is 20.3 Å². The highest BCUT2D eigenvalue weighted by atomic mass is 16.2. The van der Waals surface area contributed by atoms with E-state index in [4.69, 9.17) is 5.26 Å². The van der Waals surface area contributed by atoms with E-state index in [9.17, 15) is 4.79 Å². The minimum atomic E-state index is -0.0273. The van der Waals surface area contributed by atoms with E-state index < -0.39 is 0 Å². The van der Waals surface area contributed by atoms with Gasteiger partial charge in [-0.1, -0.05) is 13.3 Å². The van der Waals surface area contributed by atoms with Crippen molar-refractivity contribution in [2.45, 2.75) is 45.7 Å². The minimum Gasteiger partial charge on any atom is -0.353 e. The smallest absolute Gasteiger partial charge is 0.234 e. The molecule has 5 nitrogen and oxygen atoms in total. The second kappa shape index (κ2) is 8.13. The Bertz CT molecular complexity index is 318. The van der Waals surface area contributed by atoms with Gasteiger partial charge >= 0.3 is 0 Å². The Morgan fingerprint density at radius 2 is 1.95 bits per heavy atom. The Balaban J connectivity index is 2.25. The summed E-state index contributed by atoms with van der Waals surface area (Å²) in [6, 6.07) is 2.49. The molecule has 1 amide bonds. The molecule has 0 aromatic rings. The SMILES string of the molecule is CCCC(C)NC(=O)CN1CCN(C(C)C#N)CC1. The summed E-state index contributed by atoms with van der Waals surface area (Å²) in [7, 11) is 0. The van der Waals surface area contributed by atoms with Crippen LogP contribution in [0, 0.1) is 11.3 Å². The molecule has 1 heterocycles. The molecule has 0 bridgehead atoms.